The summed E-state index contributed by atoms with van der Waals surface area (Å²) in [7, 11) is 0. The number of hydrogen-bond donors (Lipinski definition) is 1. The molecule has 2 amide bonds. The van der Waals surface area contributed by atoms with Crippen molar-refractivity contribution in [2.75, 3.05) is 4.90 Å². The smallest absolute Gasteiger partial charge is 0.270 e. The Labute approximate surface area is 203 Å². The van der Waals surface area contributed by atoms with Crippen molar-refractivity contribution in [2.45, 2.75) is 6.61 Å². The molecule has 0 saturated carbocycles. The van der Waals surface area contributed by atoms with Gasteiger partial charge in [0.1, 0.15) is 17.9 Å². The fourth-order valence-corrected chi connectivity index (χ4v) is 4.05. The lowest BCUT2D eigenvalue weighted by Crippen LogP contribution is -2.54. The standard InChI is InChI=1S/C24H16BrClN2O3S/c25-19-9-5-4-6-16(19)14-31-21-11-10-15(13-20(21)26)12-18-22(29)27-24(32)28(23(18)30)17-7-2-1-3-8-17/h1-13H,14H2,(H,27,29,32)/b18-12-. The summed E-state index contributed by atoms with van der Waals surface area (Å²) in [5, 5.41) is 2.97. The lowest BCUT2D eigenvalue weighted by molar-refractivity contribution is -0.122. The molecule has 160 valence electrons. The highest BCUT2D eigenvalue weighted by Gasteiger charge is 2.34. The van der Waals surface area contributed by atoms with Crippen molar-refractivity contribution >= 4 is 68.4 Å². The van der Waals surface area contributed by atoms with Crippen LogP contribution in [0.3, 0.4) is 0 Å². The second-order valence-electron chi connectivity index (χ2n) is 6.86. The lowest BCUT2D eigenvalue weighted by atomic mass is 10.1. The molecule has 3 aromatic rings. The maximum atomic E-state index is 13.0. The lowest BCUT2D eigenvalue weighted by Gasteiger charge is -2.28. The molecule has 0 aliphatic carbocycles. The van der Waals surface area contributed by atoms with Crippen LogP contribution < -0.4 is 15.0 Å². The minimum Gasteiger partial charge on any atom is -0.487 e. The van der Waals surface area contributed by atoms with Crippen LogP contribution in [0, 0.1) is 0 Å². The summed E-state index contributed by atoms with van der Waals surface area (Å²) in [4.78, 5) is 26.8. The number of carbonyl (C=O) groups is 2. The highest BCUT2D eigenvalue weighted by atomic mass is 79.9. The Kier molecular flexibility index (Phi) is 6.69. The molecular formula is C24H16BrClN2O3S. The minimum absolute atomic E-state index is 0.0391. The molecule has 0 radical (unpaired) electrons. The molecule has 1 fully saturated rings. The Balaban J connectivity index is 1.56. The van der Waals surface area contributed by atoms with Gasteiger partial charge in [0.25, 0.3) is 11.8 Å². The summed E-state index contributed by atoms with van der Waals surface area (Å²) < 4.78 is 6.77. The van der Waals surface area contributed by atoms with E-state index in [1.807, 2.05) is 30.3 Å². The summed E-state index contributed by atoms with van der Waals surface area (Å²) in [6.45, 7) is 0.339. The molecule has 0 spiro atoms. The second kappa shape index (κ2) is 9.65. The molecule has 1 aliphatic rings. The zero-order valence-corrected chi connectivity index (χ0v) is 19.7. The number of ether oxygens (including phenoxy) is 1. The molecule has 1 saturated heterocycles. The Bertz CT molecular complexity index is 1250. The van der Waals surface area contributed by atoms with E-state index < -0.39 is 11.8 Å². The quantitative estimate of drug-likeness (QED) is 0.270. The van der Waals surface area contributed by atoms with E-state index in [0.29, 0.717) is 28.6 Å². The van der Waals surface area contributed by atoms with Gasteiger partial charge in [-0.1, -0.05) is 70.0 Å². The number of anilines is 1. The van der Waals surface area contributed by atoms with E-state index >= 15 is 0 Å². The zero-order chi connectivity index (χ0) is 22.7. The molecule has 32 heavy (non-hydrogen) atoms. The SMILES string of the molecule is O=C1NC(=S)N(c2ccccc2)C(=O)/C1=C\c1ccc(OCc2ccccc2Br)c(Cl)c1. The van der Waals surface area contributed by atoms with Gasteiger partial charge in [0.15, 0.2) is 5.11 Å². The number of nitrogens with one attached hydrogen (secondary N) is 1. The van der Waals surface area contributed by atoms with Gasteiger partial charge in [-0.05, 0) is 54.2 Å². The predicted molar refractivity (Wildman–Crippen MR) is 133 cm³/mol. The van der Waals surface area contributed by atoms with Crippen LogP contribution in [0.1, 0.15) is 11.1 Å². The van der Waals surface area contributed by atoms with Crippen LogP contribution in [0.2, 0.25) is 5.02 Å². The van der Waals surface area contributed by atoms with Crippen LogP contribution in [0.5, 0.6) is 5.75 Å². The van der Waals surface area contributed by atoms with Gasteiger partial charge in [-0.2, -0.15) is 0 Å². The fraction of sp³-hybridized carbons (Fsp3) is 0.0417. The van der Waals surface area contributed by atoms with Gasteiger partial charge in [-0.3, -0.25) is 19.8 Å². The van der Waals surface area contributed by atoms with E-state index in [9.17, 15) is 9.59 Å². The van der Waals surface area contributed by atoms with E-state index in [4.69, 9.17) is 28.6 Å². The fourth-order valence-electron chi connectivity index (χ4n) is 3.13. The predicted octanol–water partition coefficient (Wildman–Crippen LogP) is 5.51. The first-order valence-electron chi connectivity index (χ1n) is 9.56. The second-order valence-corrected chi connectivity index (χ2v) is 8.51. The van der Waals surface area contributed by atoms with Crippen molar-refractivity contribution in [1.29, 1.82) is 0 Å². The molecule has 1 N–H and O–H groups in total. The highest BCUT2D eigenvalue weighted by molar-refractivity contribution is 9.10. The van der Waals surface area contributed by atoms with Crippen LogP contribution in [0.4, 0.5) is 5.69 Å². The number of para-hydroxylation sites is 1. The zero-order valence-electron chi connectivity index (χ0n) is 16.5. The van der Waals surface area contributed by atoms with E-state index in [-0.39, 0.29) is 10.7 Å². The average molecular weight is 528 g/mol. The van der Waals surface area contributed by atoms with Gasteiger partial charge in [-0.15, -0.1) is 0 Å². The Morgan fingerprint density at radius 2 is 1.75 bits per heavy atom. The molecule has 1 aliphatic heterocycles. The molecular weight excluding hydrogens is 512 g/mol. The van der Waals surface area contributed by atoms with Crippen LogP contribution in [-0.2, 0) is 16.2 Å². The van der Waals surface area contributed by atoms with Gasteiger partial charge in [0, 0.05) is 10.0 Å². The van der Waals surface area contributed by atoms with Crippen molar-refractivity contribution in [2.24, 2.45) is 0 Å². The number of amides is 2. The third-order valence-corrected chi connectivity index (χ3v) is 6.08. The Morgan fingerprint density at radius 1 is 1.03 bits per heavy atom. The summed E-state index contributed by atoms with van der Waals surface area (Å²) in [6.07, 6.45) is 1.48. The van der Waals surface area contributed by atoms with Crippen LogP contribution in [0.25, 0.3) is 6.08 Å². The number of nitrogens with zero attached hydrogens (tertiary/aromatic N) is 1. The van der Waals surface area contributed by atoms with E-state index in [0.717, 1.165) is 10.0 Å². The van der Waals surface area contributed by atoms with Gasteiger partial charge in [0.05, 0.1) is 10.7 Å². The molecule has 4 rings (SSSR count). The highest BCUT2D eigenvalue weighted by Crippen LogP contribution is 2.29. The Hall–Kier alpha value is -3.00. The number of hydrogen-bond acceptors (Lipinski definition) is 4. The van der Waals surface area contributed by atoms with Gasteiger partial charge < -0.3 is 4.74 Å². The topological polar surface area (TPSA) is 58.6 Å². The van der Waals surface area contributed by atoms with Crippen molar-refractivity contribution in [3.05, 3.63) is 99.0 Å². The van der Waals surface area contributed by atoms with Gasteiger partial charge in [0.2, 0.25) is 0 Å². The normalized spacial score (nSPS) is 15.1. The average Bonchev–Trinajstić information content (AvgIpc) is 2.78. The third kappa shape index (κ3) is 4.75. The van der Waals surface area contributed by atoms with Crippen molar-refractivity contribution < 1.29 is 14.3 Å². The number of halogens is 2. The summed E-state index contributed by atoms with van der Waals surface area (Å²) in [5.41, 5.74) is 2.10. The molecule has 3 aromatic carbocycles. The van der Waals surface area contributed by atoms with E-state index in [1.54, 1.807) is 42.5 Å². The maximum Gasteiger partial charge on any atom is 0.270 e. The van der Waals surface area contributed by atoms with Gasteiger partial charge in [-0.25, -0.2) is 0 Å². The first-order valence-corrected chi connectivity index (χ1v) is 11.1. The molecule has 0 unspecified atom stereocenters. The molecule has 5 nitrogen and oxygen atoms in total. The monoisotopic (exact) mass is 526 g/mol. The van der Waals surface area contributed by atoms with Crippen molar-refractivity contribution in [3.63, 3.8) is 0 Å². The summed E-state index contributed by atoms with van der Waals surface area (Å²) in [6, 6.07) is 21.7. The van der Waals surface area contributed by atoms with Crippen LogP contribution in [-0.4, -0.2) is 16.9 Å². The van der Waals surface area contributed by atoms with E-state index in [1.165, 1.54) is 11.0 Å². The molecule has 1 heterocycles. The van der Waals surface area contributed by atoms with Gasteiger partial charge >= 0.3 is 0 Å². The first kappa shape index (κ1) is 22.2. The summed E-state index contributed by atoms with van der Waals surface area (Å²) >= 11 is 15.1. The number of rotatable bonds is 5. The van der Waals surface area contributed by atoms with Crippen LogP contribution in [0.15, 0.2) is 82.8 Å². The summed E-state index contributed by atoms with van der Waals surface area (Å²) in [5.74, 6) is -0.566. The van der Waals surface area contributed by atoms with Crippen LogP contribution >= 0.6 is 39.7 Å². The molecule has 0 aromatic heterocycles. The molecule has 0 bridgehead atoms. The molecule has 8 heteroatoms. The Morgan fingerprint density at radius 3 is 2.47 bits per heavy atom. The van der Waals surface area contributed by atoms with Crippen molar-refractivity contribution in [1.82, 2.24) is 5.32 Å². The third-order valence-electron chi connectivity index (χ3n) is 4.72. The number of thiocarbonyl (C=S) groups is 1. The largest absolute Gasteiger partial charge is 0.487 e. The maximum absolute atomic E-state index is 13.0. The van der Waals surface area contributed by atoms with E-state index in [2.05, 4.69) is 21.2 Å². The number of benzene rings is 3. The number of carbonyl (C=O) groups excluding carboxylic acids is 2. The first-order chi connectivity index (χ1) is 15.4. The molecule has 0 atom stereocenters. The van der Waals surface area contributed by atoms with Crippen molar-refractivity contribution in [3.8, 4) is 5.75 Å². The minimum atomic E-state index is -0.558.